The van der Waals surface area contributed by atoms with E-state index in [1.807, 2.05) is 6.92 Å². The van der Waals surface area contributed by atoms with Crippen molar-refractivity contribution in [2.75, 3.05) is 0 Å². The molecule has 1 N–H and O–H groups in total. The van der Waals surface area contributed by atoms with Crippen molar-refractivity contribution in [1.29, 1.82) is 0 Å². The second-order valence-corrected chi connectivity index (χ2v) is 4.18. The van der Waals surface area contributed by atoms with Crippen LogP contribution in [0.25, 0.3) is 0 Å². The van der Waals surface area contributed by atoms with Crippen LogP contribution in [0.15, 0.2) is 24.8 Å². The summed E-state index contributed by atoms with van der Waals surface area (Å²) in [7, 11) is 0. The van der Waals surface area contributed by atoms with E-state index < -0.39 is 11.2 Å². The fourth-order valence-electron chi connectivity index (χ4n) is 1.24. The molecule has 0 atom stereocenters. The van der Waals surface area contributed by atoms with Gasteiger partial charge in [0, 0.05) is 12.6 Å². The molecule has 0 bridgehead atoms. The zero-order valence-corrected chi connectivity index (χ0v) is 10.5. The minimum Gasteiger partial charge on any atom is -0.337 e. The van der Waals surface area contributed by atoms with Crippen molar-refractivity contribution >= 4 is 15.9 Å². The number of aryl methyl sites for hydroxylation is 1. The number of halogens is 1. The molecule has 0 saturated carbocycles. The Morgan fingerprint density at radius 2 is 2.29 bits per heavy atom. The average Bonchev–Trinajstić information content (AvgIpc) is 2.73. The molecule has 0 unspecified atom stereocenters. The van der Waals surface area contributed by atoms with Crippen LogP contribution in [0.4, 0.5) is 0 Å². The molecule has 7 nitrogen and oxygen atoms in total. The molecular formula is C9H9BrN4O3. The van der Waals surface area contributed by atoms with Crippen molar-refractivity contribution in [3.8, 4) is 0 Å². The number of H-pyrrole nitrogens is 1. The number of nitrogens with one attached hydrogen (secondary N) is 1. The van der Waals surface area contributed by atoms with E-state index in [0.29, 0.717) is 18.1 Å². The lowest BCUT2D eigenvalue weighted by atomic mass is 10.5. The monoisotopic (exact) mass is 300 g/mol. The number of aromatic amines is 1. The first-order chi connectivity index (χ1) is 8.10. The Balaban J connectivity index is 2.33. The molecule has 2 heterocycles. The van der Waals surface area contributed by atoms with E-state index in [1.54, 1.807) is 0 Å². The molecule has 0 aliphatic carbocycles. The van der Waals surface area contributed by atoms with Gasteiger partial charge in [0.2, 0.25) is 5.89 Å². The summed E-state index contributed by atoms with van der Waals surface area (Å²) >= 11 is 3.04. The molecule has 2 aromatic rings. The molecule has 0 spiro atoms. The minimum absolute atomic E-state index is 0.126. The third kappa shape index (κ3) is 2.52. The van der Waals surface area contributed by atoms with Gasteiger partial charge in [-0.15, -0.1) is 0 Å². The van der Waals surface area contributed by atoms with Crippen molar-refractivity contribution in [3.05, 3.63) is 43.2 Å². The molecule has 2 aromatic heterocycles. The highest BCUT2D eigenvalue weighted by atomic mass is 79.9. The van der Waals surface area contributed by atoms with Gasteiger partial charge in [0.05, 0.1) is 4.47 Å². The molecule has 8 heteroatoms. The van der Waals surface area contributed by atoms with Crippen LogP contribution in [0.5, 0.6) is 0 Å². The Morgan fingerprint density at radius 3 is 2.94 bits per heavy atom. The molecular weight excluding hydrogens is 292 g/mol. The van der Waals surface area contributed by atoms with Crippen LogP contribution >= 0.6 is 15.9 Å². The van der Waals surface area contributed by atoms with E-state index in [9.17, 15) is 9.59 Å². The van der Waals surface area contributed by atoms with Gasteiger partial charge in [-0.25, -0.2) is 4.79 Å². The van der Waals surface area contributed by atoms with Crippen LogP contribution in [0.1, 0.15) is 18.6 Å². The Kier molecular flexibility index (Phi) is 3.23. The van der Waals surface area contributed by atoms with E-state index in [2.05, 4.69) is 31.1 Å². The number of hydrogen-bond donors (Lipinski definition) is 1. The van der Waals surface area contributed by atoms with Gasteiger partial charge in [0.15, 0.2) is 5.82 Å². The van der Waals surface area contributed by atoms with E-state index in [0.717, 1.165) is 0 Å². The fraction of sp³-hybridized carbons (Fsp3) is 0.333. The third-order valence-electron chi connectivity index (χ3n) is 2.10. The Hall–Kier alpha value is -1.70. The zero-order valence-electron chi connectivity index (χ0n) is 8.94. The van der Waals surface area contributed by atoms with Gasteiger partial charge >= 0.3 is 5.69 Å². The molecule has 2 rings (SSSR count). The van der Waals surface area contributed by atoms with Crippen molar-refractivity contribution in [2.45, 2.75) is 19.9 Å². The second kappa shape index (κ2) is 4.66. The van der Waals surface area contributed by atoms with Gasteiger partial charge in [-0.1, -0.05) is 12.1 Å². The Labute approximate surface area is 104 Å². The standard InChI is InChI=1S/C9H9BrN4O3/c1-2-6-11-7(17-13-6)4-14-3-5(10)8(15)12-9(14)16/h3H,2,4H2,1H3,(H,12,15,16). The largest absolute Gasteiger partial charge is 0.337 e. The number of hydrogen-bond acceptors (Lipinski definition) is 5. The lowest BCUT2D eigenvalue weighted by Gasteiger charge is -2.00. The predicted octanol–water partition coefficient (Wildman–Crippen LogP) is 0.293. The highest BCUT2D eigenvalue weighted by Gasteiger charge is 2.08. The minimum atomic E-state index is -0.519. The molecule has 90 valence electrons. The maximum atomic E-state index is 11.5. The highest BCUT2D eigenvalue weighted by Crippen LogP contribution is 2.02. The van der Waals surface area contributed by atoms with Gasteiger partial charge in [-0.3, -0.25) is 14.3 Å². The maximum absolute atomic E-state index is 11.5. The summed E-state index contributed by atoms with van der Waals surface area (Å²) in [5.74, 6) is 0.902. The van der Waals surface area contributed by atoms with E-state index in [1.165, 1.54) is 10.8 Å². The summed E-state index contributed by atoms with van der Waals surface area (Å²) in [4.78, 5) is 28.8. The van der Waals surface area contributed by atoms with Gasteiger partial charge in [-0.2, -0.15) is 4.98 Å². The summed E-state index contributed by atoms with van der Waals surface area (Å²) in [6, 6.07) is 0. The van der Waals surface area contributed by atoms with E-state index >= 15 is 0 Å². The SMILES string of the molecule is CCc1noc(Cn2cc(Br)c(=O)[nH]c2=O)n1. The number of nitrogens with zero attached hydrogens (tertiary/aromatic N) is 3. The first kappa shape index (κ1) is 11.8. The highest BCUT2D eigenvalue weighted by molar-refractivity contribution is 9.10. The average molecular weight is 301 g/mol. The first-order valence-electron chi connectivity index (χ1n) is 4.91. The quantitative estimate of drug-likeness (QED) is 0.879. The number of aromatic nitrogens is 4. The molecule has 0 fully saturated rings. The molecule has 0 aliphatic heterocycles. The van der Waals surface area contributed by atoms with Crippen LogP contribution in [0.2, 0.25) is 0 Å². The summed E-state index contributed by atoms with van der Waals surface area (Å²) in [6.07, 6.45) is 2.05. The molecule has 0 aromatic carbocycles. The van der Waals surface area contributed by atoms with Gasteiger partial charge in [0.25, 0.3) is 5.56 Å². The van der Waals surface area contributed by atoms with E-state index in [-0.39, 0.29) is 11.0 Å². The van der Waals surface area contributed by atoms with Crippen molar-refractivity contribution < 1.29 is 4.52 Å². The van der Waals surface area contributed by atoms with Crippen LogP contribution in [0, 0.1) is 0 Å². The molecule has 17 heavy (non-hydrogen) atoms. The zero-order chi connectivity index (χ0) is 12.4. The second-order valence-electron chi connectivity index (χ2n) is 3.32. The lowest BCUT2D eigenvalue weighted by molar-refractivity contribution is 0.364. The summed E-state index contributed by atoms with van der Waals surface area (Å²) in [5, 5.41) is 3.72. The van der Waals surface area contributed by atoms with Crippen molar-refractivity contribution in [1.82, 2.24) is 19.7 Å². The first-order valence-corrected chi connectivity index (χ1v) is 5.70. The smallest absolute Gasteiger partial charge is 0.328 e. The van der Waals surface area contributed by atoms with Crippen LogP contribution in [-0.4, -0.2) is 19.7 Å². The molecule has 0 radical (unpaired) electrons. The van der Waals surface area contributed by atoms with Gasteiger partial charge in [-0.05, 0) is 15.9 Å². The topological polar surface area (TPSA) is 93.8 Å². The maximum Gasteiger partial charge on any atom is 0.328 e. The molecule has 0 amide bonds. The Bertz CT molecular complexity index is 642. The molecule has 0 saturated heterocycles. The fourth-order valence-corrected chi connectivity index (χ4v) is 1.59. The van der Waals surface area contributed by atoms with E-state index in [4.69, 9.17) is 4.52 Å². The van der Waals surface area contributed by atoms with Gasteiger partial charge in [0.1, 0.15) is 6.54 Å². The number of rotatable bonds is 3. The normalized spacial score (nSPS) is 10.7. The van der Waals surface area contributed by atoms with Crippen LogP contribution in [0.3, 0.4) is 0 Å². The van der Waals surface area contributed by atoms with Gasteiger partial charge < -0.3 is 4.52 Å². The van der Waals surface area contributed by atoms with Crippen LogP contribution in [-0.2, 0) is 13.0 Å². The van der Waals surface area contributed by atoms with Crippen molar-refractivity contribution in [2.24, 2.45) is 0 Å². The summed E-state index contributed by atoms with van der Waals surface area (Å²) in [6.45, 7) is 2.03. The predicted molar refractivity (Wildman–Crippen MR) is 61.8 cm³/mol. The van der Waals surface area contributed by atoms with Crippen LogP contribution < -0.4 is 11.2 Å². The third-order valence-corrected chi connectivity index (χ3v) is 2.66. The summed E-state index contributed by atoms with van der Waals surface area (Å²) < 4.78 is 6.50. The Morgan fingerprint density at radius 1 is 1.53 bits per heavy atom. The molecule has 0 aliphatic rings. The summed E-state index contributed by atoms with van der Waals surface area (Å²) in [5.41, 5.74) is -0.986. The lowest BCUT2D eigenvalue weighted by Crippen LogP contribution is -2.30. The van der Waals surface area contributed by atoms with Crippen molar-refractivity contribution in [3.63, 3.8) is 0 Å².